The van der Waals surface area contributed by atoms with Crippen LogP contribution in [0.15, 0.2) is 0 Å². The lowest BCUT2D eigenvalue weighted by atomic mass is 10.0. The number of hydrogen-bond donors (Lipinski definition) is 2. The lowest BCUT2D eigenvalue weighted by Crippen LogP contribution is -2.36. The number of carbonyl (C=O) groups excluding carboxylic acids is 2. The van der Waals surface area contributed by atoms with Crippen LogP contribution < -0.4 is 10.6 Å². The standard InChI is InChI=1S/C12H21N3O2/c1-15-8-10(6-12(15)17)14-11(16)3-2-9-4-5-13-7-9/h9-10,13H,2-8H2,1H3,(H,14,16). The molecule has 2 saturated heterocycles. The molecule has 2 aliphatic rings. The predicted octanol–water partition coefficient (Wildman–Crippen LogP) is -0.277. The molecule has 0 aromatic carbocycles. The van der Waals surface area contributed by atoms with E-state index in [1.54, 1.807) is 11.9 Å². The molecule has 0 spiro atoms. The molecule has 2 fully saturated rings. The number of hydrogen-bond acceptors (Lipinski definition) is 3. The SMILES string of the molecule is CN1CC(NC(=O)CCC2CCNC2)CC1=O. The van der Waals surface area contributed by atoms with E-state index in [1.807, 2.05) is 0 Å². The van der Waals surface area contributed by atoms with E-state index < -0.39 is 0 Å². The van der Waals surface area contributed by atoms with E-state index in [0.29, 0.717) is 25.3 Å². The summed E-state index contributed by atoms with van der Waals surface area (Å²) in [4.78, 5) is 24.7. The molecule has 2 aliphatic heterocycles. The summed E-state index contributed by atoms with van der Waals surface area (Å²) in [7, 11) is 1.78. The second kappa shape index (κ2) is 5.49. The van der Waals surface area contributed by atoms with Gasteiger partial charge in [-0.2, -0.15) is 0 Å². The maximum absolute atomic E-state index is 11.7. The molecule has 2 N–H and O–H groups in total. The zero-order chi connectivity index (χ0) is 12.3. The fraction of sp³-hybridized carbons (Fsp3) is 0.833. The first kappa shape index (κ1) is 12.4. The van der Waals surface area contributed by atoms with Crippen molar-refractivity contribution in [3.8, 4) is 0 Å². The zero-order valence-electron chi connectivity index (χ0n) is 10.4. The minimum atomic E-state index is 0.0155. The van der Waals surface area contributed by atoms with Gasteiger partial charge in [0.15, 0.2) is 0 Å². The van der Waals surface area contributed by atoms with E-state index in [0.717, 1.165) is 19.5 Å². The van der Waals surface area contributed by atoms with Gasteiger partial charge in [-0.1, -0.05) is 0 Å². The number of nitrogens with one attached hydrogen (secondary N) is 2. The molecule has 0 aromatic rings. The van der Waals surface area contributed by atoms with Crippen LogP contribution in [0.25, 0.3) is 0 Å². The topological polar surface area (TPSA) is 61.4 Å². The summed E-state index contributed by atoms with van der Waals surface area (Å²) in [5, 5.41) is 6.24. The maximum atomic E-state index is 11.7. The first-order chi connectivity index (χ1) is 8.15. The number of rotatable bonds is 4. The molecule has 2 unspecified atom stereocenters. The first-order valence-electron chi connectivity index (χ1n) is 6.39. The van der Waals surface area contributed by atoms with Crippen LogP contribution in [0.3, 0.4) is 0 Å². The fourth-order valence-corrected chi connectivity index (χ4v) is 2.56. The Morgan fingerprint density at radius 1 is 1.59 bits per heavy atom. The van der Waals surface area contributed by atoms with Crippen LogP contribution in [0.5, 0.6) is 0 Å². The van der Waals surface area contributed by atoms with Crippen LogP contribution in [0.1, 0.15) is 25.7 Å². The lowest BCUT2D eigenvalue weighted by molar-refractivity contribution is -0.126. The highest BCUT2D eigenvalue weighted by Crippen LogP contribution is 2.14. The van der Waals surface area contributed by atoms with Crippen molar-refractivity contribution >= 4 is 11.8 Å². The van der Waals surface area contributed by atoms with Crippen molar-refractivity contribution < 1.29 is 9.59 Å². The molecule has 0 aromatic heterocycles. The summed E-state index contributed by atoms with van der Waals surface area (Å²) in [6, 6.07) is 0.0155. The van der Waals surface area contributed by atoms with Crippen molar-refractivity contribution in [1.29, 1.82) is 0 Å². The highest BCUT2D eigenvalue weighted by Gasteiger charge is 2.27. The number of nitrogens with zero attached hydrogens (tertiary/aromatic N) is 1. The normalized spacial score (nSPS) is 28.8. The van der Waals surface area contributed by atoms with E-state index >= 15 is 0 Å². The third kappa shape index (κ3) is 3.43. The van der Waals surface area contributed by atoms with E-state index in [1.165, 1.54) is 6.42 Å². The summed E-state index contributed by atoms with van der Waals surface area (Å²) in [5.74, 6) is 0.855. The first-order valence-corrected chi connectivity index (χ1v) is 6.39. The molecule has 5 nitrogen and oxygen atoms in total. The Morgan fingerprint density at radius 2 is 2.41 bits per heavy atom. The van der Waals surface area contributed by atoms with E-state index in [2.05, 4.69) is 10.6 Å². The van der Waals surface area contributed by atoms with Crippen molar-refractivity contribution in [3.63, 3.8) is 0 Å². The molecule has 0 bridgehead atoms. The van der Waals surface area contributed by atoms with E-state index in [9.17, 15) is 9.59 Å². The summed E-state index contributed by atoms with van der Waals surface area (Å²) in [6.45, 7) is 2.77. The molecule has 2 heterocycles. The fourth-order valence-electron chi connectivity index (χ4n) is 2.56. The molecule has 0 aliphatic carbocycles. The van der Waals surface area contributed by atoms with Gasteiger partial charge in [0.1, 0.15) is 0 Å². The van der Waals surface area contributed by atoms with Gasteiger partial charge < -0.3 is 15.5 Å². The Balaban J connectivity index is 1.65. The van der Waals surface area contributed by atoms with Crippen LogP contribution in [-0.4, -0.2) is 49.4 Å². The lowest BCUT2D eigenvalue weighted by Gasteiger charge is -2.13. The number of likely N-dealkylation sites (tertiary alicyclic amines) is 1. The average Bonchev–Trinajstić information content (AvgIpc) is 2.87. The molecular weight excluding hydrogens is 218 g/mol. The highest BCUT2D eigenvalue weighted by molar-refractivity contribution is 5.81. The largest absolute Gasteiger partial charge is 0.351 e. The van der Waals surface area contributed by atoms with Crippen LogP contribution >= 0.6 is 0 Å². The number of carbonyl (C=O) groups is 2. The predicted molar refractivity (Wildman–Crippen MR) is 64.4 cm³/mol. The van der Waals surface area contributed by atoms with Gasteiger partial charge in [-0.3, -0.25) is 9.59 Å². The van der Waals surface area contributed by atoms with Gasteiger partial charge >= 0.3 is 0 Å². The number of amides is 2. The van der Waals surface area contributed by atoms with E-state index in [-0.39, 0.29) is 17.9 Å². The van der Waals surface area contributed by atoms with Crippen LogP contribution in [0, 0.1) is 5.92 Å². The minimum Gasteiger partial charge on any atom is -0.351 e. The monoisotopic (exact) mass is 239 g/mol. The second-order valence-electron chi connectivity index (χ2n) is 5.14. The average molecular weight is 239 g/mol. The van der Waals surface area contributed by atoms with Crippen molar-refractivity contribution in [2.24, 2.45) is 5.92 Å². The molecule has 2 rings (SSSR count). The van der Waals surface area contributed by atoms with Crippen LogP contribution in [0.2, 0.25) is 0 Å². The van der Waals surface area contributed by atoms with Crippen LogP contribution in [-0.2, 0) is 9.59 Å². The van der Waals surface area contributed by atoms with Crippen molar-refractivity contribution in [2.45, 2.75) is 31.7 Å². The van der Waals surface area contributed by atoms with Crippen molar-refractivity contribution in [2.75, 3.05) is 26.7 Å². The smallest absolute Gasteiger partial charge is 0.224 e. The molecule has 96 valence electrons. The summed E-state index contributed by atoms with van der Waals surface area (Å²) >= 11 is 0. The molecule has 0 radical (unpaired) electrons. The molecular formula is C12H21N3O2. The minimum absolute atomic E-state index is 0.0155. The van der Waals surface area contributed by atoms with Crippen molar-refractivity contribution in [1.82, 2.24) is 15.5 Å². The van der Waals surface area contributed by atoms with Gasteiger partial charge in [0.2, 0.25) is 11.8 Å². The molecule has 5 heteroatoms. The van der Waals surface area contributed by atoms with Crippen LogP contribution in [0.4, 0.5) is 0 Å². The Hall–Kier alpha value is -1.10. The van der Waals surface area contributed by atoms with Gasteiger partial charge in [0, 0.05) is 26.4 Å². The highest BCUT2D eigenvalue weighted by atomic mass is 16.2. The Labute approximate surface area is 102 Å². The second-order valence-corrected chi connectivity index (χ2v) is 5.14. The zero-order valence-corrected chi connectivity index (χ0v) is 10.4. The van der Waals surface area contributed by atoms with Gasteiger partial charge in [-0.25, -0.2) is 0 Å². The maximum Gasteiger partial charge on any atom is 0.224 e. The quantitative estimate of drug-likeness (QED) is 0.709. The third-order valence-electron chi connectivity index (χ3n) is 3.65. The Bertz CT molecular complexity index is 300. The van der Waals surface area contributed by atoms with E-state index in [4.69, 9.17) is 0 Å². The molecule has 17 heavy (non-hydrogen) atoms. The molecule has 0 saturated carbocycles. The summed E-state index contributed by atoms with van der Waals surface area (Å²) < 4.78 is 0. The van der Waals surface area contributed by atoms with Gasteiger partial charge in [0.25, 0.3) is 0 Å². The summed E-state index contributed by atoms with van der Waals surface area (Å²) in [6.07, 6.45) is 3.17. The van der Waals surface area contributed by atoms with Gasteiger partial charge in [0.05, 0.1) is 6.04 Å². The number of likely N-dealkylation sites (N-methyl/N-ethyl adjacent to an activating group) is 1. The molecule has 2 atom stereocenters. The van der Waals surface area contributed by atoms with Crippen molar-refractivity contribution in [3.05, 3.63) is 0 Å². The summed E-state index contributed by atoms with van der Waals surface area (Å²) in [5.41, 5.74) is 0. The Morgan fingerprint density at radius 3 is 3.00 bits per heavy atom. The van der Waals surface area contributed by atoms with Gasteiger partial charge in [-0.05, 0) is 31.8 Å². The molecule has 2 amide bonds. The third-order valence-corrected chi connectivity index (χ3v) is 3.65. The van der Waals surface area contributed by atoms with Gasteiger partial charge in [-0.15, -0.1) is 0 Å². The Kier molecular flexibility index (Phi) is 3.99.